The number of hydrogen-bond donors (Lipinski definition) is 0. The van der Waals surface area contributed by atoms with Gasteiger partial charge >= 0.3 is 0 Å². The van der Waals surface area contributed by atoms with Crippen molar-refractivity contribution in [2.24, 2.45) is 0 Å². The van der Waals surface area contributed by atoms with Crippen LogP contribution >= 0.6 is 0 Å². The maximum Gasteiger partial charge on any atom is 0.119 e. The first-order chi connectivity index (χ1) is 10.3. The summed E-state index contributed by atoms with van der Waals surface area (Å²) < 4.78 is 5.61. The van der Waals surface area contributed by atoms with Crippen molar-refractivity contribution in [2.75, 3.05) is 39.3 Å². The molecule has 1 heterocycles. The second-order valence-electron chi connectivity index (χ2n) is 5.52. The molecule has 0 aliphatic carbocycles. The fraction of sp³-hybridized carbons (Fsp3) is 0.588. The summed E-state index contributed by atoms with van der Waals surface area (Å²) in [4.78, 5) is 4.85. The Bertz CT molecular complexity index is 444. The van der Waals surface area contributed by atoms with E-state index in [1.54, 1.807) is 0 Å². The predicted molar refractivity (Wildman–Crippen MR) is 84.2 cm³/mol. The van der Waals surface area contributed by atoms with E-state index in [9.17, 15) is 0 Å². The molecule has 0 aromatic heterocycles. The molecule has 0 radical (unpaired) electrons. The lowest BCUT2D eigenvalue weighted by molar-refractivity contribution is 0.129. The van der Waals surface area contributed by atoms with Gasteiger partial charge in [-0.15, -0.1) is 0 Å². The zero-order chi connectivity index (χ0) is 14.9. The molecule has 0 bridgehead atoms. The van der Waals surface area contributed by atoms with Gasteiger partial charge in [0.05, 0.1) is 12.7 Å². The number of piperazine rings is 1. The standard InChI is InChI=1S/C17H25N3O/c1-2-14-21-17-6-4-16(5-7-17)15-20-12-10-19(11-13-20)9-3-8-18/h4-7H,2-3,9-15H2,1H3. The minimum absolute atomic E-state index is 0.638. The first-order valence-corrected chi connectivity index (χ1v) is 7.85. The molecule has 21 heavy (non-hydrogen) atoms. The lowest BCUT2D eigenvalue weighted by atomic mass is 10.2. The number of nitriles is 1. The van der Waals surface area contributed by atoms with Crippen molar-refractivity contribution in [3.8, 4) is 11.8 Å². The van der Waals surface area contributed by atoms with Gasteiger partial charge in [0.2, 0.25) is 0 Å². The van der Waals surface area contributed by atoms with Crippen LogP contribution in [-0.2, 0) is 6.54 Å². The molecule has 1 saturated heterocycles. The molecule has 0 spiro atoms. The first kappa shape index (κ1) is 15.8. The first-order valence-electron chi connectivity index (χ1n) is 7.85. The van der Waals surface area contributed by atoms with Gasteiger partial charge in [0.15, 0.2) is 0 Å². The number of hydrogen-bond acceptors (Lipinski definition) is 4. The van der Waals surface area contributed by atoms with E-state index in [1.165, 1.54) is 5.56 Å². The molecule has 4 heteroatoms. The zero-order valence-electron chi connectivity index (χ0n) is 12.9. The van der Waals surface area contributed by atoms with E-state index >= 15 is 0 Å². The number of ether oxygens (including phenoxy) is 1. The topological polar surface area (TPSA) is 39.5 Å². The molecule has 2 rings (SSSR count). The minimum Gasteiger partial charge on any atom is -0.494 e. The summed E-state index contributed by atoms with van der Waals surface area (Å²) in [5, 5.41) is 8.62. The second-order valence-corrected chi connectivity index (χ2v) is 5.52. The highest BCUT2D eigenvalue weighted by Crippen LogP contribution is 2.15. The van der Waals surface area contributed by atoms with Crippen LogP contribution in [-0.4, -0.2) is 49.1 Å². The van der Waals surface area contributed by atoms with Crippen LogP contribution in [0.4, 0.5) is 0 Å². The normalized spacial score (nSPS) is 16.6. The summed E-state index contributed by atoms with van der Waals surface area (Å²) in [6.45, 7) is 9.11. The van der Waals surface area contributed by atoms with Crippen LogP contribution < -0.4 is 4.74 Å². The third-order valence-electron chi connectivity index (χ3n) is 3.81. The van der Waals surface area contributed by atoms with Gasteiger partial charge < -0.3 is 4.74 Å². The van der Waals surface area contributed by atoms with Crippen LogP contribution in [0.25, 0.3) is 0 Å². The molecule has 1 fully saturated rings. The van der Waals surface area contributed by atoms with Crippen molar-refractivity contribution in [1.82, 2.24) is 9.80 Å². The van der Waals surface area contributed by atoms with Gasteiger partial charge in [0, 0.05) is 45.7 Å². The van der Waals surface area contributed by atoms with Crippen LogP contribution in [0, 0.1) is 11.3 Å². The Labute approximate surface area is 127 Å². The van der Waals surface area contributed by atoms with Crippen LogP contribution in [0.5, 0.6) is 5.75 Å². The molecular formula is C17H25N3O. The molecule has 1 aliphatic rings. The summed E-state index contributed by atoms with van der Waals surface area (Å²) in [5.74, 6) is 0.960. The van der Waals surface area contributed by atoms with Gasteiger partial charge in [-0.1, -0.05) is 19.1 Å². The Hall–Kier alpha value is -1.57. The quantitative estimate of drug-likeness (QED) is 0.772. The Morgan fingerprint density at radius 2 is 1.76 bits per heavy atom. The van der Waals surface area contributed by atoms with Crippen molar-refractivity contribution in [1.29, 1.82) is 5.26 Å². The maximum absolute atomic E-state index is 8.62. The van der Waals surface area contributed by atoms with E-state index in [2.05, 4.69) is 47.1 Å². The summed E-state index contributed by atoms with van der Waals surface area (Å²) >= 11 is 0. The van der Waals surface area contributed by atoms with E-state index < -0.39 is 0 Å². The molecule has 0 N–H and O–H groups in total. The predicted octanol–water partition coefficient (Wildman–Crippen LogP) is 2.51. The van der Waals surface area contributed by atoms with E-state index in [0.29, 0.717) is 6.42 Å². The molecule has 0 amide bonds. The summed E-state index contributed by atoms with van der Waals surface area (Å²) in [5.41, 5.74) is 1.34. The van der Waals surface area contributed by atoms with Crippen molar-refractivity contribution < 1.29 is 4.74 Å². The number of benzene rings is 1. The fourth-order valence-electron chi connectivity index (χ4n) is 2.55. The van der Waals surface area contributed by atoms with Crippen LogP contribution in [0.3, 0.4) is 0 Å². The molecule has 4 nitrogen and oxygen atoms in total. The fourth-order valence-corrected chi connectivity index (χ4v) is 2.55. The Kier molecular flexibility index (Phi) is 6.52. The van der Waals surface area contributed by atoms with Crippen LogP contribution in [0.1, 0.15) is 25.3 Å². The highest BCUT2D eigenvalue weighted by atomic mass is 16.5. The van der Waals surface area contributed by atoms with Crippen molar-refractivity contribution in [3.05, 3.63) is 29.8 Å². The minimum atomic E-state index is 0.638. The van der Waals surface area contributed by atoms with Gasteiger partial charge in [-0.2, -0.15) is 5.26 Å². The lowest BCUT2D eigenvalue weighted by Crippen LogP contribution is -2.46. The van der Waals surface area contributed by atoms with E-state index in [4.69, 9.17) is 10.00 Å². The molecule has 1 aromatic carbocycles. The molecule has 114 valence electrons. The number of rotatable bonds is 7. The summed E-state index contributed by atoms with van der Waals surface area (Å²) in [7, 11) is 0. The van der Waals surface area contributed by atoms with Crippen LogP contribution in [0.2, 0.25) is 0 Å². The monoisotopic (exact) mass is 287 g/mol. The SMILES string of the molecule is CCCOc1ccc(CN2CCN(CCC#N)CC2)cc1. The summed E-state index contributed by atoms with van der Waals surface area (Å²) in [6, 6.07) is 10.7. The highest BCUT2D eigenvalue weighted by Gasteiger charge is 2.16. The molecule has 0 atom stereocenters. The van der Waals surface area contributed by atoms with Crippen molar-refractivity contribution >= 4 is 0 Å². The Morgan fingerprint density at radius 1 is 1.10 bits per heavy atom. The molecule has 1 aliphatic heterocycles. The molecule has 0 saturated carbocycles. The van der Waals surface area contributed by atoms with E-state index in [1.807, 2.05) is 0 Å². The smallest absolute Gasteiger partial charge is 0.119 e. The van der Waals surface area contributed by atoms with Gasteiger partial charge in [0.25, 0.3) is 0 Å². The molecule has 0 unspecified atom stereocenters. The van der Waals surface area contributed by atoms with E-state index in [-0.39, 0.29) is 0 Å². The molecular weight excluding hydrogens is 262 g/mol. The van der Waals surface area contributed by atoms with Gasteiger partial charge in [-0.3, -0.25) is 9.80 Å². The zero-order valence-corrected chi connectivity index (χ0v) is 12.9. The van der Waals surface area contributed by atoms with Crippen molar-refractivity contribution in [3.63, 3.8) is 0 Å². The third kappa shape index (κ3) is 5.37. The Morgan fingerprint density at radius 3 is 2.38 bits per heavy atom. The maximum atomic E-state index is 8.62. The molecule has 1 aromatic rings. The van der Waals surface area contributed by atoms with Gasteiger partial charge in [-0.05, 0) is 24.1 Å². The van der Waals surface area contributed by atoms with Gasteiger partial charge in [0.1, 0.15) is 5.75 Å². The number of nitrogens with zero attached hydrogens (tertiary/aromatic N) is 3. The summed E-state index contributed by atoms with van der Waals surface area (Å²) in [6.07, 6.45) is 1.68. The lowest BCUT2D eigenvalue weighted by Gasteiger charge is -2.34. The second kappa shape index (κ2) is 8.66. The average Bonchev–Trinajstić information content (AvgIpc) is 2.53. The van der Waals surface area contributed by atoms with Gasteiger partial charge in [-0.25, -0.2) is 0 Å². The largest absolute Gasteiger partial charge is 0.494 e. The van der Waals surface area contributed by atoms with Crippen LogP contribution in [0.15, 0.2) is 24.3 Å². The Balaban J connectivity index is 1.74. The van der Waals surface area contributed by atoms with Crippen molar-refractivity contribution in [2.45, 2.75) is 26.3 Å². The average molecular weight is 287 g/mol. The third-order valence-corrected chi connectivity index (χ3v) is 3.81. The van der Waals surface area contributed by atoms with E-state index in [0.717, 1.165) is 58.0 Å². The highest BCUT2D eigenvalue weighted by molar-refractivity contribution is 5.27.